The normalized spacial score (nSPS) is 9.23. The van der Waals surface area contributed by atoms with Gasteiger partial charge in [0.1, 0.15) is 24.6 Å². The highest BCUT2D eigenvalue weighted by atomic mass is 19.1. The number of hydrogen-bond acceptors (Lipinski definition) is 3. The van der Waals surface area contributed by atoms with Crippen LogP contribution in [0.1, 0.15) is 27.2 Å². The molecular weight excluding hydrogens is 175 g/mol. The molecule has 0 aromatic rings. The molecule has 0 atom stereocenters. The van der Waals surface area contributed by atoms with Gasteiger partial charge in [-0.1, -0.05) is 0 Å². The first-order valence-corrected chi connectivity index (χ1v) is 3.90. The van der Waals surface area contributed by atoms with Crippen LogP contribution in [0.2, 0.25) is 0 Å². The second-order valence-electron chi connectivity index (χ2n) is 2.94. The van der Waals surface area contributed by atoms with E-state index in [1.807, 2.05) is 0 Å². The number of ether oxygens (including phenoxy) is 1. The van der Waals surface area contributed by atoms with Gasteiger partial charge >= 0.3 is 5.97 Å². The Labute approximate surface area is 76.6 Å². The number of Topliss-reactive ketones (excluding diaryl/α,β-unsaturated/α-hetero) is 1. The van der Waals surface area contributed by atoms with E-state index in [-0.39, 0.29) is 18.8 Å². The van der Waals surface area contributed by atoms with E-state index >= 15 is 0 Å². The van der Waals surface area contributed by atoms with Crippen LogP contribution in [0.15, 0.2) is 11.4 Å². The van der Waals surface area contributed by atoms with Crippen molar-refractivity contribution in [3.63, 3.8) is 0 Å². The molecule has 0 aliphatic carbocycles. The third-order valence-electron chi connectivity index (χ3n) is 1.30. The highest BCUT2D eigenvalue weighted by Crippen LogP contribution is 2.05. The summed E-state index contributed by atoms with van der Waals surface area (Å²) in [4.78, 5) is 21.2. The molecule has 13 heavy (non-hydrogen) atoms. The summed E-state index contributed by atoms with van der Waals surface area (Å²) in [5, 5.41) is 0. The van der Waals surface area contributed by atoms with Crippen molar-refractivity contribution in [1.82, 2.24) is 0 Å². The van der Waals surface area contributed by atoms with Crippen LogP contribution >= 0.6 is 0 Å². The van der Waals surface area contributed by atoms with E-state index in [9.17, 15) is 14.0 Å². The summed E-state index contributed by atoms with van der Waals surface area (Å²) in [6, 6.07) is 0. The predicted octanol–water partition coefficient (Wildman–Crippen LogP) is 1.77. The molecule has 0 amide bonds. The summed E-state index contributed by atoms with van der Waals surface area (Å²) < 4.78 is 17.2. The maximum absolute atomic E-state index is 12.7. The lowest BCUT2D eigenvalue weighted by Gasteiger charge is -2.02. The number of esters is 1. The molecular formula is C9H13FO3. The lowest BCUT2D eigenvalue weighted by molar-refractivity contribution is -0.145. The zero-order valence-corrected chi connectivity index (χ0v) is 8.02. The quantitative estimate of drug-likeness (QED) is 0.499. The van der Waals surface area contributed by atoms with Gasteiger partial charge in [-0.25, -0.2) is 4.39 Å². The summed E-state index contributed by atoms with van der Waals surface area (Å²) in [5.74, 6) is -1.46. The topological polar surface area (TPSA) is 43.4 Å². The maximum atomic E-state index is 12.7. The Hall–Kier alpha value is -1.19. The van der Waals surface area contributed by atoms with E-state index in [1.165, 1.54) is 6.92 Å². The fraction of sp³-hybridized carbons (Fsp3) is 0.556. The standard InChI is InChI=1S/C9H13FO3/c1-6(2)8(10)5-13-9(12)4-7(3)11/h4-5H2,1-3H3. The molecule has 0 saturated carbocycles. The molecule has 3 nitrogen and oxygen atoms in total. The Kier molecular flexibility index (Phi) is 4.96. The van der Waals surface area contributed by atoms with Crippen LogP contribution in [0, 0.1) is 0 Å². The highest BCUT2D eigenvalue weighted by molar-refractivity contribution is 5.94. The summed E-state index contributed by atoms with van der Waals surface area (Å²) in [5.41, 5.74) is 0.468. The van der Waals surface area contributed by atoms with E-state index in [2.05, 4.69) is 4.74 Å². The van der Waals surface area contributed by atoms with Crippen molar-refractivity contribution in [3.05, 3.63) is 11.4 Å². The molecule has 0 radical (unpaired) electrons. The lowest BCUT2D eigenvalue weighted by atomic mass is 10.3. The molecule has 0 aromatic carbocycles. The van der Waals surface area contributed by atoms with Gasteiger partial charge in [-0.15, -0.1) is 0 Å². The Morgan fingerprint density at radius 3 is 2.15 bits per heavy atom. The highest BCUT2D eigenvalue weighted by Gasteiger charge is 2.07. The van der Waals surface area contributed by atoms with Gasteiger partial charge in [0.05, 0.1) is 0 Å². The van der Waals surface area contributed by atoms with Crippen LogP contribution in [0.3, 0.4) is 0 Å². The summed E-state index contributed by atoms with van der Waals surface area (Å²) >= 11 is 0. The maximum Gasteiger partial charge on any atom is 0.313 e. The first-order valence-electron chi connectivity index (χ1n) is 3.90. The number of carbonyl (C=O) groups excluding carboxylic acids is 2. The molecule has 0 saturated heterocycles. The third kappa shape index (κ3) is 6.02. The molecule has 4 heteroatoms. The van der Waals surface area contributed by atoms with Crippen LogP contribution in [-0.2, 0) is 14.3 Å². The van der Waals surface area contributed by atoms with Crippen LogP contribution < -0.4 is 0 Å². The van der Waals surface area contributed by atoms with Gasteiger partial charge in [-0.3, -0.25) is 9.59 Å². The zero-order valence-electron chi connectivity index (χ0n) is 8.02. The number of halogens is 1. The molecule has 0 spiro atoms. The van der Waals surface area contributed by atoms with Crippen molar-refractivity contribution in [2.75, 3.05) is 6.61 Å². The van der Waals surface area contributed by atoms with Crippen LogP contribution in [0.25, 0.3) is 0 Å². The Morgan fingerprint density at radius 1 is 1.23 bits per heavy atom. The van der Waals surface area contributed by atoms with Crippen LogP contribution in [0.5, 0.6) is 0 Å². The number of hydrogen-bond donors (Lipinski definition) is 0. The number of carbonyl (C=O) groups is 2. The zero-order chi connectivity index (χ0) is 10.4. The van der Waals surface area contributed by atoms with E-state index in [4.69, 9.17) is 0 Å². The molecule has 0 aliphatic heterocycles. The van der Waals surface area contributed by atoms with Crippen LogP contribution in [0.4, 0.5) is 4.39 Å². The summed E-state index contributed by atoms with van der Waals surface area (Å²) in [6.45, 7) is 4.05. The SMILES string of the molecule is CC(=O)CC(=O)OCC(F)=C(C)C. The van der Waals surface area contributed by atoms with Crippen molar-refractivity contribution in [2.24, 2.45) is 0 Å². The van der Waals surface area contributed by atoms with E-state index in [1.54, 1.807) is 13.8 Å². The Morgan fingerprint density at radius 2 is 1.77 bits per heavy atom. The smallest absolute Gasteiger partial charge is 0.313 e. The first kappa shape index (κ1) is 11.8. The summed E-state index contributed by atoms with van der Waals surface area (Å²) in [7, 11) is 0. The molecule has 0 aromatic heterocycles. The van der Waals surface area contributed by atoms with E-state index in [0.29, 0.717) is 5.57 Å². The molecule has 0 N–H and O–H groups in total. The molecule has 0 rings (SSSR count). The van der Waals surface area contributed by atoms with Crippen molar-refractivity contribution in [1.29, 1.82) is 0 Å². The second-order valence-corrected chi connectivity index (χ2v) is 2.94. The molecule has 0 unspecified atom stereocenters. The average molecular weight is 188 g/mol. The lowest BCUT2D eigenvalue weighted by Crippen LogP contribution is -2.10. The molecule has 0 fully saturated rings. The molecule has 0 heterocycles. The number of rotatable bonds is 4. The fourth-order valence-corrected chi connectivity index (χ4v) is 0.542. The van der Waals surface area contributed by atoms with Crippen LogP contribution in [-0.4, -0.2) is 18.4 Å². The van der Waals surface area contributed by atoms with Gasteiger partial charge in [-0.2, -0.15) is 0 Å². The number of ketones is 1. The third-order valence-corrected chi connectivity index (χ3v) is 1.30. The summed E-state index contributed by atoms with van der Waals surface area (Å²) in [6.07, 6.45) is -0.296. The van der Waals surface area contributed by atoms with E-state index < -0.39 is 11.8 Å². The largest absolute Gasteiger partial charge is 0.458 e. The Bertz CT molecular complexity index is 239. The Balaban J connectivity index is 3.84. The minimum Gasteiger partial charge on any atom is -0.458 e. The monoisotopic (exact) mass is 188 g/mol. The van der Waals surface area contributed by atoms with Gasteiger partial charge in [-0.05, 0) is 26.3 Å². The van der Waals surface area contributed by atoms with E-state index in [0.717, 1.165) is 0 Å². The van der Waals surface area contributed by atoms with Crippen molar-refractivity contribution < 1.29 is 18.7 Å². The van der Waals surface area contributed by atoms with Gasteiger partial charge in [0.2, 0.25) is 0 Å². The van der Waals surface area contributed by atoms with Crippen molar-refractivity contribution in [2.45, 2.75) is 27.2 Å². The van der Waals surface area contributed by atoms with Gasteiger partial charge in [0.15, 0.2) is 0 Å². The van der Waals surface area contributed by atoms with Crippen molar-refractivity contribution in [3.8, 4) is 0 Å². The predicted molar refractivity (Wildman–Crippen MR) is 45.7 cm³/mol. The minimum absolute atomic E-state index is 0.289. The minimum atomic E-state index is -0.691. The second kappa shape index (κ2) is 5.45. The average Bonchev–Trinajstić information content (AvgIpc) is 1.98. The van der Waals surface area contributed by atoms with Gasteiger partial charge < -0.3 is 4.74 Å². The van der Waals surface area contributed by atoms with Gasteiger partial charge in [0, 0.05) is 0 Å². The van der Waals surface area contributed by atoms with Crippen molar-refractivity contribution >= 4 is 11.8 Å². The molecule has 0 aliphatic rings. The fourth-order valence-electron chi connectivity index (χ4n) is 0.542. The first-order chi connectivity index (χ1) is 5.93. The molecule has 0 bridgehead atoms. The van der Waals surface area contributed by atoms with Gasteiger partial charge in [0.25, 0.3) is 0 Å². The molecule has 74 valence electrons. The number of allylic oxidation sites excluding steroid dienone is 1.